The van der Waals surface area contributed by atoms with Crippen LogP contribution in [0.15, 0.2) is 0 Å². The van der Waals surface area contributed by atoms with Gasteiger partial charge in [0.15, 0.2) is 44.0 Å². The molecule has 0 bridgehead atoms. The van der Waals surface area contributed by atoms with Gasteiger partial charge in [-0.2, -0.15) is 0 Å². The van der Waals surface area contributed by atoms with E-state index in [0.717, 1.165) is 0 Å². The SMILES string of the molecule is C[C@@H]1OC(O)[C@H](O)[C@H](O)[C@H]1O[C@H]1O[C@H](CO)[C@@H](O)[C@H](O)[C@@H]1O[C@H]1O[C@H](CO)[C@H](O)[C@H](O[C@@H]2O[C@@H](C)[C@H](O[C@H]3O[C@H](CO)[C@@H](O)[C@H](O[C@H]4O[C@H](C)[C@H](O)C[C@H]4O)[C@@H]3O[C@H]3O[C@H](CO)[C@H](O)[C@H](O)[C@H]3O)[C@@H](O)[C@H]2O)[C@H]1O. The van der Waals surface area contributed by atoms with Crippen LogP contribution >= 0.6 is 0 Å². The molecule has 7 saturated heterocycles. The fourth-order valence-electron chi connectivity index (χ4n) is 9.78. The molecule has 7 fully saturated rings. The Bertz CT molecular complexity index is 1730. The highest BCUT2D eigenvalue weighted by atomic mass is 16.8. The van der Waals surface area contributed by atoms with Crippen molar-refractivity contribution in [1.29, 1.82) is 0 Å². The molecular weight excluding hydrogens is 1020 g/mol. The number of aliphatic hydroxyl groups is 19. The Labute approximate surface area is 420 Å². The van der Waals surface area contributed by atoms with Crippen LogP contribution in [0.25, 0.3) is 0 Å². The molecular formula is C42H72O32. The lowest BCUT2D eigenvalue weighted by atomic mass is 9.95. The van der Waals surface area contributed by atoms with E-state index in [4.69, 9.17) is 61.6 Å². The second kappa shape index (κ2) is 25.4. The minimum absolute atomic E-state index is 0.265. The third kappa shape index (κ3) is 12.4. The Hall–Kier alpha value is -1.28. The monoisotopic (exact) mass is 1090 g/mol. The van der Waals surface area contributed by atoms with E-state index in [1.165, 1.54) is 20.8 Å². The first kappa shape index (κ1) is 60.4. The summed E-state index contributed by atoms with van der Waals surface area (Å²) in [5.74, 6) is 0. The summed E-state index contributed by atoms with van der Waals surface area (Å²) in [6.45, 7) is 0.361. The minimum Gasteiger partial charge on any atom is -0.394 e. The Morgan fingerprint density at radius 1 is 0.284 bits per heavy atom. The molecule has 0 aromatic carbocycles. The first-order chi connectivity index (χ1) is 35.0. The molecule has 0 aromatic heterocycles. The van der Waals surface area contributed by atoms with E-state index >= 15 is 0 Å². The van der Waals surface area contributed by atoms with Gasteiger partial charge in [0.25, 0.3) is 0 Å². The Balaban J connectivity index is 1.10. The van der Waals surface area contributed by atoms with Gasteiger partial charge >= 0.3 is 0 Å². The molecule has 32 heteroatoms. The predicted octanol–water partition coefficient (Wildman–Crippen LogP) is -12.2. The van der Waals surface area contributed by atoms with E-state index in [1.807, 2.05) is 0 Å². The highest BCUT2D eigenvalue weighted by molar-refractivity contribution is 5.00. The molecule has 1 unspecified atom stereocenters. The Morgan fingerprint density at radius 2 is 0.649 bits per heavy atom. The van der Waals surface area contributed by atoms with Gasteiger partial charge in [0.05, 0.1) is 50.8 Å². The molecule has 34 atom stereocenters. The average molecular weight is 1090 g/mol. The van der Waals surface area contributed by atoms with Gasteiger partial charge < -0.3 is 159 Å². The van der Waals surface area contributed by atoms with Crippen LogP contribution in [0.4, 0.5) is 0 Å². The highest BCUT2D eigenvalue weighted by Crippen LogP contribution is 2.38. The quantitative estimate of drug-likeness (QED) is 0.0682. The van der Waals surface area contributed by atoms with Crippen LogP contribution in [0, 0.1) is 0 Å². The van der Waals surface area contributed by atoms with Crippen molar-refractivity contribution >= 4 is 0 Å². The van der Waals surface area contributed by atoms with Gasteiger partial charge in [-0.25, -0.2) is 0 Å². The normalized spacial score (nSPS) is 54.7. The van der Waals surface area contributed by atoms with Gasteiger partial charge in [-0.3, -0.25) is 0 Å². The zero-order chi connectivity index (χ0) is 54.4. The Morgan fingerprint density at radius 3 is 1.22 bits per heavy atom. The molecule has 0 amide bonds. The summed E-state index contributed by atoms with van der Waals surface area (Å²) < 4.78 is 75.0. The van der Waals surface area contributed by atoms with Crippen LogP contribution < -0.4 is 0 Å². The largest absolute Gasteiger partial charge is 0.394 e. The maximum atomic E-state index is 11.7. The molecule has 0 aliphatic carbocycles. The van der Waals surface area contributed by atoms with Gasteiger partial charge in [0, 0.05) is 6.42 Å². The lowest BCUT2D eigenvalue weighted by Crippen LogP contribution is -2.68. The summed E-state index contributed by atoms with van der Waals surface area (Å²) in [5.41, 5.74) is 0. The summed E-state index contributed by atoms with van der Waals surface area (Å²) in [6, 6.07) is 0. The van der Waals surface area contributed by atoms with Crippen molar-refractivity contribution in [3.8, 4) is 0 Å². The molecule has 32 nitrogen and oxygen atoms in total. The molecule has 7 heterocycles. The van der Waals surface area contributed by atoms with Crippen molar-refractivity contribution < 1.29 is 159 Å². The second-order valence-corrected chi connectivity index (χ2v) is 19.4. The second-order valence-electron chi connectivity index (χ2n) is 19.4. The fraction of sp³-hybridized carbons (Fsp3) is 1.00. The third-order valence-electron chi connectivity index (χ3n) is 14.3. The zero-order valence-corrected chi connectivity index (χ0v) is 40.0. The van der Waals surface area contributed by atoms with Gasteiger partial charge in [-0.15, -0.1) is 0 Å². The van der Waals surface area contributed by atoms with Gasteiger partial charge in [-0.05, 0) is 20.8 Å². The van der Waals surface area contributed by atoms with Crippen molar-refractivity contribution in [2.45, 2.75) is 236 Å². The maximum Gasteiger partial charge on any atom is 0.187 e. The lowest BCUT2D eigenvalue weighted by Gasteiger charge is -2.51. The first-order valence-corrected chi connectivity index (χ1v) is 24.1. The average Bonchev–Trinajstić information content (AvgIpc) is 3.37. The smallest absolute Gasteiger partial charge is 0.187 e. The number of ether oxygens (including phenoxy) is 13. The number of hydrogen-bond donors (Lipinski definition) is 19. The molecule has 432 valence electrons. The molecule has 0 aromatic rings. The third-order valence-corrected chi connectivity index (χ3v) is 14.3. The fourth-order valence-corrected chi connectivity index (χ4v) is 9.78. The van der Waals surface area contributed by atoms with Gasteiger partial charge in [0.2, 0.25) is 0 Å². The van der Waals surface area contributed by atoms with Crippen LogP contribution in [0.5, 0.6) is 0 Å². The summed E-state index contributed by atoms with van der Waals surface area (Å²) in [4.78, 5) is 0. The van der Waals surface area contributed by atoms with Crippen molar-refractivity contribution in [2.24, 2.45) is 0 Å². The predicted molar refractivity (Wildman–Crippen MR) is 226 cm³/mol. The van der Waals surface area contributed by atoms with E-state index in [9.17, 15) is 97.0 Å². The van der Waals surface area contributed by atoms with Crippen molar-refractivity contribution in [1.82, 2.24) is 0 Å². The minimum atomic E-state index is -2.19. The lowest BCUT2D eigenvalue weighted by molar-refractivity contribution is -0.408. The highest BCUT2D eigenvalue weighted by Gasteiger charge is 2.58. The summed E-state index contributed by atoms with van der Waals surface area (Å²) in [6.07, 6.45) is -61.0. The van der Waals surface area contributed by atoms with Crippen LogP contribution in [0.1, 0.15) is 27.2 Å². The van der Waals surface area contributed by atoms with Gasteiger partial charge in [0.1, 0.15) is 140 Å². The van der Waals surface area contributed by atoms with Crippen molar-refractivity contribution in [3.05, 3.63) is 0 Å². The molecule has 0 spiro atoms. The maximum absolute atomic E-state index is 11.7. The molecule has 0 saturated carbocycles. The van der Waals surface area contributed by atoms with Gasteiger partial charge in [-0.1, -0.05) is 0 Å². The molecule has 7 aliphatic heterocycles. The van der Waals surface area contributed by atoms with Crippen LogP contribution in [0.2, 0.25) is 0 Å². The summed E-state index contributed by atoms with van der Waals surface area (Å²) in [5, 5.41) is 204. The number of rotatable bonds is 16. The van der Waals surface area contributed by atoms with Crippen LogP contribution in [-0.4, -0.2) is 332 Å². The van der Waals surface area contributed by atoms with Crippen LogP contribution in [-0.2, 0) is 61.6 Å². The Kier molecular flexibility index (Phi) is 20.8. The van der Waals surface area contributed by atoms with E-state index in [1.54, 1.807) is 0 Å². The van der Waals surface area contributed by atoms with E-state index in [0.29, 0.717) is 0 Å². The zero-order valence-electron chi connectivity index (χ0n) is 40.0. The number of hydrogen-bond acceptors (Lipinski definition) is 32. The summed E-state index contributed by atoms with van der Waals surface area (Å²) in [7, 11) is 0. The number of aliphatic hydroxyl groups excluding tert-OH is 19. The molecule has 7 aliphatic rings. The first-order valence-electron chi connectivity index (χ1n) is 24.1. The molecule has 7 rings (SSSR count). The molecule has 0 radical (unpaired) electrons. The standard InChI is InChI=1S/C42H72O32/c1-9-12(47)4-13(48)37(63-9)72-33-21(52)17(8-46)68-42(35(33)74-39-27(58)22(53)18(49)14(5-43)65-39)70-31-11(3)64-38(28(59)25(31)56)71-32-20(51)16(7-45)66-40(29(32)60)73-34-23(54)19(50)15(6-44)67-41(34)69-30-10(2)62-36(61)26(57)24(30)55/h9-61H,4-8H2,1-3H3/t9-,10+,11+,12-,13-,14-,15-,16-,17-,18+,19-,20+,21-,22+,23+,24+,25+,26-,27-,28-,29-,30+,31+,32+,33+,34+,35+,36?,37-,38+,39-,40-,41-,42-/m1/s1. The topological polar surface area (TPSA) is 504 Å². The van der Waals surface area contributed by atoms with Crippen molar-refractivity contribution in [2.75, 3.05) is 26.4 Å². The van der Waals surface area contributed by atoms with E-state index in [2.05, 4.69) is 0 Å². The summed E-state index contributed by atoms with van der Waals surface area (Å²) >= 11 is 0. The van der Waals surface area contributed by atoms with Crippen molar-refractivity contribution in [3.63, 3.8) is 0 Å². The van der Waals surface area contributed by atoms with E-state index in [-0.39, 0.29) is 6.42 Å². The molecule has 74 heavy (non-hydrogen) atoms. The molecule has 19 N–H and O–H groups in total. The van der Waals surface area contributed by atoms with E-state index < -0.39 is 235 Å². The van der Waals surface area contributed by atoms with Crippen LogP contribution in [0.3, 0.4) is 0 Å².